The Labute approximate surface area is 57.3 Å². The van der Waals surface area contributed by atoms with Crippen LogP contribution in [0.4, 0.5) is 0 Å². The fraction of sp³-hybridized carbons (Fsp3) is 1.00. The molecule has 2 N–H and O–H groups in total. The molecule has 0 spiro atoms. The van der Waals surface area contributed by atoms with E-state index in [1.54, 1.807) is 6.92 Å². The van der Waals surface area contributed by atoms with Crippen LogP contribution in [0.25, 0.3) is 0 Å². The molecule has 0 amide bonds. The third-order valence-corrected chi connectivity index (χ3v) is 1.48. The standard InChI is InChI=1S/C7H17NO/c1-5-7(3,4)8-6(2)9/h6,8-9H,5H2,1-4H3. The van der Waals surface area contributed by atoms with Gasteiger partial charge in [-0.1, -0.05) is 6.92 Å². The van der Waals surface area contributed by atoms with Gasteiger partial charge in [-0.2, -0.15) is 0 Å². The van der Waals surface area contributed by atoms with Gasteiger partial charge in [0, 0.05) is 5.54 Å². The summed E-state index contributed by atoms with van der Waals surface area (Å²) in [4.78, 5) is 0. The summed E-state index contributed by atoms with van der Waals surface area (Å²) >= 11 is 0. The van der Waals surface area contributed by atoms with E-state index in [0.717, 1.165) is 6.42 Å². The highest BCUT2D eigenvalue weighted by Gasteiger charge is 2.14. The van der Waals surface area contributed by atoms with Crippen molar-refractivity contribution in [1.29, 1.82) is 0 Å². The Morgan fingerprint density at radius 3 is 2.11 bits per heavy atom. The Kier molecular flexibility index (Phi) is 3.15. The second-order valence-electron chi connectivity index (χ2n) is 3.06. The molecule has 1 atom stereocenters. The van der Waals surface area contributed by atoms with E-state index in [-0.39, 0.29) is 5.54 Å². The second-order valence-corrected chi connectivity index (χ2v) is 3.06. The molecule has 0 saturated heterocycles. The maximum Gasteiger partial charge on any atom is 0.102 e. The maximum absolute atomic E-state index is 8.91. The van der Waals surface area contributed by atoms with E-state index >= 15 is 0 Å². The Hall–Kier alpha value is -0.0800. The minimum Gasteiger partial charge on any atom is -0.379 e. The van der Waals surface area contributed by atoms with Crippen molar-refractivity contribution in [2.45, 2.75) is 45.9 Å². The van der Waals surface area contributed by atoms with Gasteiger partial charge in [0.2, 0.25) is 0 Å². The lowest BCUT2D eigenvalue weighted by atomic mass is 10.0. The molecule has 0 aromatic carbocycles. The fourth-order valence-corrected chi connectivity index (χ4v) is 0.668. The summed E-state index contributed by atoms with van der Waals surface area (Å²) < 4.78 is 0. The van der Waals surface area contributed by atoms with Crippen molar-refractivity contribution < 1.29 is 5.11 Å². The van der Waals surface area contributed by atoms with Gasteiger partial charge in [0.05, 0.1) is 0 Å². The predicted octanol–water partition coefficient (Wildman–Crippen LogP) is 1.10. The minimum absolute atomic E-state index is 0.0637. The van der Waals surface area contributed by atoms with Crippen LogP contribution < -0.4 is 5.32 Å². The molecular weight excluding hydrogens is 114 g/mol. The number of nitrogens with one attached hydrogen (secondary N) is 1. The Bertz CT molecular complexity index is 79.0. The molecule has 0 bridgehead atoms. The third-order valence-electron chi connectivity index (χ3n) is 1.48. The van der Waals surface area contributed by atoms with E-state index in [0.29, 0.717) is 0 Å². The summed E-state index contributed by atoms with van der Waals surface area (Å²) in [5, 5.41) is 11.9. The normalized spacial score (nSPS) is 15.7. The topological polar surface area (TPSA) is 32.3 Å². The molecule has 0 saturated carbocycles. The summed E-state index contributed by atoms with van der Waals surface area (Å²) in [5.74, 6) is 0. The van der Waals surface area contributed by atoms with Gasteiger partial charge < -0.3 is 5.11 Å². The Balaban J connectivity index is 3.58. The van der Waals surface area contributed by atoms with Crippen LogP contribution >= 0.6 is 0 Å². The average Bonchev–Trinajstić information content (AvgIpc) is 1.63. The van der Waals surface area contributed by atoms with Crippen LogP contribution in [0.15, 0.2) is 0 Å². The van der Waals surface area contributed by atoms with Crippen molar-refractivity contribution in [3.05, 3.63) is 0 Å². The first-order chi connectivity index (χ1) is 3.98. The molecule has 1 unspecified atom stereocenters. The summed E-state index contributed by atoms with van der Waals surface area (Å²) in [7, 11) is 0. The number of aliphatic hydroxyl groups excluding tert-OH is 1. The lowest BCUT2D eigenvalue weighted by molar-refractivity contribution is 0.116. The molecule has 0 heterocycles. The van der Waals surface area contributed by atoms with Crippen LogP contribution in [0, 0.1) is 0 Å². The summed E-state index contributed by atoms with van der Waals surface area (Å²) in [5.41, 5.74) is 0.0637. The number of hydrogen-bond acceptors (Lipinski definition) is 2. The van der Waals surface area contributed by atoms with E-state index in [9.17, 15) is 0 Å². The van der Waals surface area contributed by atoms with Crippen molar-refractivity contribution in [2.75, 3.05) is 0 Å². The highest BCUT2D eigenvalue weighted by Crippen LogP contribution is 2.06. The van der Waals surface area contributed by atoms with Crippen molar-refractivity contribution in [3.63, 3.8) is 0 Å². The van der Waals surface area contributed by atoms with E-state index in [1.807, 2.05) is 0 Å². The van der Waals surface area contributed by atoms with Crippen molar-refractivity contribution in [3.8, 4) is 0 Å². The SMILES string of the molecule is CCC(C)(C)NC(C)O. The van der Waals surface area contributed by atoms with Gasteiger partial charge in [0.15, 0.2) is 0 Å². The second kappa shape index (κ2) is 3.18. The van der Waals surface area contributed by atoms with Gasteiger partial charge >= 0.3 is 0 Å². The van der Waals surface area contributed by atoms with Gasteiger partial charge in [0.25, 0.3) is 0 Å². The lowest BCUT2D eigenvalue weighted by Crippen LogP contribution is -2.43. The molecule has 0 rings (SSSR count). The van der Waals surface area contributed by atoms with E-state index in [4.69, 9.17) is 5.11 Å². The number of aliphatic hydroxyl groups is 1. The third kappa shape index (κ3) is 4.43. The molecule has 0 aliphatic rings. The Morgan fingerprint density at radius 2 is 2.00 bits per heavy atom. The summed E-state index contributed by atoms with van der Waals surface area (Å²) in [6.07, 6.45) is 0.623. The molecule has 9 heavy (non-hydrogen) atoms. The monoisotopic (exact) mass is 131 g/mol. The largest absolute Gasteiger partial charge is 0.379 e. The fourth-order valence-electron chi connectivity index (χ4n) is 0.668. The summed E-state index contributed by atoms with van der Waals surface area (Å²) in [6, 6.07) is 0. The molecule has 0 fully saturated rings. The molecule has 0 aromatic rings. The maximum atomic E-state index is 8.91. The molecule has 2 heteroatoms. The van der Waals surface area contributed by atoms with E-state index in [2.05, 4.69) is 26.1 Å². The average molecular weight is 131 g/mol. The first kappa shape index (κ1) is 8.92. The van der Waals surface area contributed by atoms with E-state index in [1.165, 1.54) is 0 Å². The number of hydrogen-bond donors (Lipinski definition) is 2. The van der Waals surface area contributed by atoms with E-state index < -0.39 is 6.23 Å². The van der Waals surface area contributed by atoms with Crippen molar-refractivity contribution in [1.82, 2.24) is 5.32 Å². The van der Waals surface area contributed by atoms with Crippen molar-refractivity contribution in [2.24, 2.45) is 0 Å². The number of rotatable bonds is 3. The van der Waals surface area contributed by atoms with Crippen LogP contribution in [0.2, 0.25) is 0 Å². The zero-order chi connectivity index (χ0) is 7.49. The zero-order valence-corrected chi connectivity index (χ0v) is 6.73. The highest BCUT2D eigenvalue weighted by atomic mass is 16.3. The molecule has 0 aliphatic carbocycles. The zero-order valence-electron chi connectivity index (χ0n) is 6.73. The van der Waals surface area contributed by atoms with Crippen LogP contribution in [0.3, 0.4) is 0 Å². The van der Waals surface area contributed by atoms with Crippen LogP contribution in [0.1, 0.15) is 34.1 Å². The van der Waals surface area contributed by atoms with Gasteiger partial charge in [0.1, 0.15) is 6.23 Å². The molecular formula is C7H17NO. The quantitative estimate of drug-likeness (QED) is 0.562. The summed E-state index contributed by atoms with van der Waals surface area (Å²) in [6.45, 7) is 7.96. The van der Waals surface area contributed by atoms with Crippen molar-refractivity contribution >= 4 is 0 Å². The first-order valence-electron chi connectivity index (χ1n) is 3.43. The van der Waals surface area contributed by atoms with Gasteiger partial charge in [-0.25, -0.2) is 0 Å². The predicted molar refractivity (Wildman–Crippen MR) is 39.2 cm³/mol. The van der Waals surface area contributed by atoms with Gasteiger partial charge in [-0.05, 0) is 27.2 Å². The van der Waals surface area contributed by atoms with Gasteiger partial charge in [-0.15, -0.1) is 0 Å². The van der Waals surface area contributed by atoms with Gasteiger partial charge in [-0.3, -0.25) is 5.32 Å². The molecule has 0 aromatic heterocycles. The lowest BCUT2D eigenvalue weighted by Gasteiger charge is -2.26. The molecule has 0 aliphatic heterocycles. The molecule has 2 nitrogen and oxygen atoms in total. The molecule has 56 valence electrons. The van der Waals surface area contributed by atoms with Crippen LogP contribution in [-0.2, 0) is 0 Å². The molecule has 0 radical (unpaired) electrons. The Morgan fingerprint density at radius 1 is 1.56 bits per heavy atom. The smallest absolute Gasteiger partial charge is 0.102 e. The van der Waals surface area contributed by atoms with Crippen LogP contribution in [-0.4, -0.2) is 16.9 Å². The first-order valence-corrected chi connectivity index (χ1v) is 3.43. The highest BCUT2D eigenvalue weighted by molar-refractivity contribution is 4.74. The minimum atomic E-state index is -0.403. The van der Waals surface area contributed by atoms with Crippen LogP contribution in [0.5, 0.6) is 0 Å².